The van der Waals surface area contributed by atoms with Crippen molar-refractivity contribution in [2.75, 3.05) is 0 Å². The molecule has 0 aromatic carbocycles. The van der Waals surface area contributed by atoms with E-state index < -0.39 is 0 Å². The second kappa shape index (κ2) is 2.88. The number of carbonyl (C=O) groups excluding carboxylic acids is 2. The van der Waals surface area contributed by atoms with Gasteiger partial charge in [0, 0.05) is 12.8 Å². The van der Waals surface area contributed by atoms with Crippen molar-refractivity contribution in [3.05, 3.63) is 0 Å². The van der Waals surface area contributed by atoms with Crippen LogP contribution in [0.3, 0.4) is 0 Å². The Labute approximate surface area is 71.5 Å². The number of rotatable bonds is 0. The maximum atomic E-state index is 11.1. The molecular formula is C9H13NO2. The van der Waals surface area contributed by atoms with Crippen molar-refractivity contribution in [2.45, 2.75) is 32.1 Å². The van der Waals surface area contributed by atoms with E-state index in [2.05, 4.69) is 5.32 Å². The summed E-state index contributed by atoms with van der Waals surface area (Å²) in [5.41, 5.74) is 0. The van der Waals surface area contributed by atoms with Crippen LogP contribution in [0.25, 0.3) is 0 Å². The van der Waals surface area contributed by atoms with Crippen LogP contribution in [-0.4, -0.2) is 11.8 Å². The molecule has 2 unspecified atom stereocenters. The fourth-order valence-electron chi connectivity index (χ4n) is 2.33. The molecule has 0 spiro atoms. The summed E-state index contributed by atoms with van der Waals surface area (Å²) in [6.07, 6.45) is 4.46. The lowest BCUT2D eigenvalue weighted by molar-refractivity contribution is -0.131. The lowest BCUT2D eigenvalue weighted by Crippen LogP contribution is -2.33. The van der Waals surface area contributed by atoms with Crippen LogP contribution in [0.4, 0.5) is 0 Å². The third-order valence-electron chi connectivity index (χ3n) is 2.88. The lowest BCUT2D eigenvalue weighted by atomic mass is 9.97. The van der Waals surface area contributed by atoms with Gasteiger partial charge >= 0.3 is 0 Å². The lowest BCUT2D eigenvalue weighted by Gasteiger charge is -2.14. The normalized spacial score (nSPS) is 35.7. The fourth-order valence-corrected chi connectivity index (χ4v) is 2.33. The number of imide groups is 1. The van der Waals surface area contributed by atoms with Gasteiger partial charge in [0.1, 0.15) is 0 Å². The van der Waals surface area contributed by atoms with E-state index in [0.29, 0.717) is 24.7 Å². The molecule has 1 saturated carbocycles. The van der Waals surface area contributed by atoms with Crippen molar-refractivity contribution in [3.63, 3.8) is 0 Å². The maximum Gasteiger partial charge on any atom is 0.226 e. The second-order valence-electron chi connectivity index (χ2n) is 3.92. The molecule has 2 amide bonds. The average molecular weight is 167 g/mol. The van der Waals surface area contributed by atoms with Crippen LogP contribution in [0.1, 0.15) is 32.1 Å². The van der Waals surface area contributed by atoms with Gasteiger partial charge in [0.15, 0.2) is 0 Å². The first-order chi connectivity index (χ1) is 5.74. The van der Waals surface area contributed by atoms with Crippen molar-refractivity contribution in [1.29, 1.82) is 0 Å². The van der Waals surface area contributed by atoms with Crippen LogP contribution in [-0.2, 0) is 9.59 Å². The van der Waals surface area contributed by atoms with E-state index in [1.54, 1.807) is 0 Å². The van der Waals surface area contributed by atoms with E-state index in [-0.39, 0.29) is 11.8 Å². The van der Waals surface area contributed by atoms with Crippen LogP contribution in [0.2, 0.25) is 0 Å². The van der Waals surface area contributed by atoms with Crippen molar-refractivity contribution < 1.29 is 9.59 Å². The summed E-state index contributed by atoms with van der Waals surface area (Å²) < 4.78 is 0. The number of hydrogen-bond acceptors (Lipinski definition) is 2. The number of amides is 2. The van der Waals surface area contributed by atoms with E-state index in [0.717, 1.165) is 19.3 Å². The highest BCUT2D eigenvalue weighted by Gasteiger charge is 2.30. The van der Waals surface area contributed by atoms with Crippen LogP contribution < -0.4 is 5.32 Å². The molecule has 1 aliphatic carbocycles. The first-order valence-corrected chi connectivity index (χ1v) is 4.56. The van der Waals surface area contributed by atoms with Gasteiger partial charge in [-0.3, -0.25) is 14.9 Å². The number of nitrogens with one attached hydrogen (secondary N) is 1. The van der Waals surface area contributed by atoms with Crippen molar-refractivity contribution in [3.8, 4) is 0 Å². The Kier molecular flexibility index (Phi) is 1.87. The summed E-state index contributed by atoms with van der Waals surface area (Å²) in [7, 11) is 0. The van der Waals surface area contributed by atoms with Crippen LogP contribution in [0, 0.1) is 11.8 Å². The van der Waals surface area contributed by atoms with E-state index in [1.807, 2.05) is 0 Å². The fraction of sp³-hybridized carbons (Fsp3) is 0.778. The standard InChI is InChI=1S/C9H13NO2/c11-8-4-6-1-2-7(3-6)5-9(12)10-8/h6-7H,1-5H2,(H,10,11,12). The predicted molar refractivity (Wildman–Crippen MR) is 43.2 cm³/mol. The Hall–Kier alpha value is -0.860. The summed E-state index contributed by atoms with van der Waals surface area (Å²) >= 11 is 0. The van der Waals surface area contributed by atoms with Crippen LogP contribution in [0.15, 0.2) is 0 Å². The zero-order valence-corrected chi connectivity index (χ0v) is 7.01. The summed E-state index contributed by atoms with van der Waals surface area (Å²) in [4.78, 5) is 22.2. The third kappa shape index (κ3) is 1.49. The molecule has 66 valence electrons. The first kappa shape index (κ1) is 7.77. The van der Waals surface area contributed by atoms with Crippen LogP contribution in [0.5, 0.6) is 0 Å². The minimum absolute atomic E-state index is 0.0784. The SMILES string of the molecule is O=C1CC2CCC(CC(=O)N1)C2. The van der Waals surface area contributed by atoms with Crippen LogP contribution >= 0.6 is 0 Å². The zero-order valence-electron chi connectivity index (χ0n) is 7.01. The first-order valence-electron chi connectivity index (χ1n) is 4.56. The zero-order chi connectivity index (χ0) is 8.55. The molecule has 1 heterocycles. The molecule has 2 fully saturated rings. The van der Waals surface area contributed by atoms with Gasteiger partial charge in [-0.25, -0.2) is 0 Å². The Balaban J connectivity index is 2.08. The van der Waals surface area contributed by atoms with Gasteiger partial charge in [0.2, 0.25) is 11.8 Å². The molecule has 1 saturated heterocycles. The molecular weight excluding hydrogens is 154 g/mol. The smallest absolute Gasteiger partial charge is 0.226 e. The topological polar surface area (TPSA) is 46.2 Å². The van der Waals surface area contributed by atoms with Crippen molar-refractivity contribution in [2.24, 2.45) is 11.8 Å². The molecule has 0 aromatic rings. The Morgan fingerprint density at radius 2 is 1.50 bits per heavy atom. The van der Waals surface area contributed by atoms with E-state index in [9.17, 15) is 9.59 Å². The monoisotopic (exact) mass is 167 g/mol. The Morgan fingerprint density at radius 1 is 1.00 bits per heavy atom. The Bertz CT molecular complexity index is 203. The highest BCUT2D eigenvalue weighted by atomic mass is 16.2. The molecule has 1 N–H and O–H groups in total. The van der Waals surface area contributed by atoms with Gasteiger partial charge in [-0.1, -0.05) is 0 Å². The molecule has 3 heteroatoms. The number of carbonyl (C=O) groups is 2. The van der Waals surface area contributed by atoms with Gasteiger partial charge in [-0.2, -0.15) is 0 Å². The molecule has 2 rings (SSSR count). The molecule has 2 aliphatic rings. The molecule has 1 aliphatic heterocycles. The second-order valence-corrected chi connectivity index (χ2v) is 3.92. The van der Waals surface area contributed by atoms with Crippen molar-refractivity contribution in [1.82, 2.24) is 5.32 Å². The Morgan fingerprint density at radius 3 is 2.00 bits per heavy atom. The van der Waals surface area contributed by atoms with Crippen molar-refractivity contribution >= 4 is 11.8 Å². The van der Waals surface area contributed by atoms with Gasteiger partial charge < -0.3 is 0 Å². The number of fused-ring (bicyclic) bond motifs is 2. The third-order valence-corrected chi connectivity index (χ3v) is 2.88. The van der Waals surface area contributed by atoms with E-state index in [1.165, 1.54) is 0 Å². The van der Waals surface area contributed by atoms with E-state index in [4.69, 9.17) is 0 Å². The van der Waals surface area contributed by atoms with E-state index >= 15 is 0 Å². The summed E-state index contributed by atoms with van der Waals surface area (Å²) in [5.74, 6) is 0.932. The minimum Gasteiger partial charge on any atom is -0.296 e. The molecule has 0 radical (unpaired) electrons. The number of hydrogen-bond donors (Lipinski definition) is 1. The maximum absolute atomic E-state index is 11.1. The molecule has 3 nitrogen and oxygen atoms in total. The predicted octanol–water partition coefficient (Wildman–Crippen LogP) is 0.839. The summed E-state index contributed by atoms with van der Waals surface area (Å²) in [6, 6.07) is 0. The van der Waals surface area contributed by atoms with Gasteiger partial charge in [-0.05, 0) is 31.1 Å². The quantitative estimate of drug-likeness (QED) is 0.543. The van der Waals surface area contributed by atoms with Gasteiger partial charge in [0.25, 0.3) is 0 Å². The highest BCUT2D eigenvalue weighted by Crippen LogP contribution is 2.35. The minimum atomic E-state index is -0.0784. The molecule has 12 heavy (non-hydrogen) atoms. The van der Waals surface area contributed by atoms with Gasteiger partial charge in [-0.15, -0.1) is 0 Å². The average Bonchev–Trinajstić information content (AvgIpc) is 2.33. The molecule has 2 bridgehead atoms. The highest BCUT2D eigenvalue weighted by molar-refractivity contribution is 5.95. The van der Waals surface area contributed by atoms with Gasteiger partial charge in [0.05, 0.1) is 0 Å². The molecule has 0 aromatic heterocycles. The molecule has 2 atom stereocenters. The summed E-state index contributed by atoms with van der Waals surface area (Å²) in [5, 5.41) is 2.40. The summed E-state index contributed by atoms with van der Waals surface area (Å²) in [6.45, 7) is 0. The largest absolute Gasteiger partial charge is 0.296 e.